The summed E-state index contributed by atoms with van der Waals surface area (Å²) >= 11 is 0. The van der Waals surface area contributed by atoms with Crippen LogP contribution in [0.3, 0.4) is 0 Å². The Kier molecular flexibility index (Phi) is 6.45. The second-order valence-electron chi connectivity index (χ2n) is 7.29. The average Bonchev–Trinajstić information content (AvgIpc) is 2.99. The number of ether oxygens (including phenoxy) is 2. The van der Waals surface area contributed by atoms with Crippen LogP contribution in [0.25, 0.3) is 0 Å². The second-order valence-corrected chi connectivity index (χ2v) is 7.29. The van der Waals surface area contributed by atoms with E-state index in [0.29, 0.717) is 36.0 Å². The first kappa shape index (κ1) is 21.4. The molecule has 1 N–H and O–H groups in total. The minimum Gasteiger partial charge on any atom is -0.503 e. The van der Waals surface area contributed by atoms with Gasteiger partial charge in [0.2, 0.25) is 0 Å². The smallest absolute Gasteiger partial charge is 0.294 e. The van der Waals surface area contributed by atoms with Crippen LogP contribution in [-0.4, -0.2) is 30.0 Å². The van der Waals surface area contributed by atoms with Crippen molar-refractivity contribution in [1.29, 1.82) is 0 Å². The molecule has 158 valence electrons. The Balaban J connectivity index is 2.12. The van der Waals surface area contributed by atoms with Gasteiger partial charge in [-0.25, -0.2) is 0 Å². The summed E-state index contributed by atoms with van der Waals surface area (Å²) in [5.41, 5.74) is 1.36. The maximum absolute atomic E-state index is 13.1. The van der Waals surface area contributed by atoms with E-state index in [1.165, 1.54) is 4.90 Å². The molecule has 2 aromatic carbocycles. The number of Topliss-reactive ketones (excluding diaryl/α,β-unsaturated/α-hetero) is 1. The van der Waals surface area contributed by atoms with Crippen LogP contribution in [-0.2, 0) is 9.59 Å². The van der Waals surface area contributed by atoms with Crippen LogP contribution < -0.4 is 14.4 Å². The zero-order valence-electron chi connectivity index (χ0n) is 17.7. The van der Waals surface area contributed by atoms with Gasteiger partial charge in [-0.05, 0) is 55.8 Å². The number of nitrogens with zero attached hydrogens (tertiary/aromatic N) is 1. The van der Waals surface area contributed by atoms with Crippen molar-refractivity contribution in [2.75, 3.05) is 18.1 Å². The van der Waals surface area contributed by atoms with Crippen LogP contribution in [0.15, 0.2) is 59.9 Å². The molecule has 0 saturated carbocycles. The predicted octanol–water partition coefficient (Wildman–Crippen LogP) is 4.61. The molecule has 0 spiro atoms. The van der Waals surface area contributed by atoms with Crippen molar-refractivity contribution in [1.82, 2.24) is 0 Å². The Hall–Kier alpha value is -3.28. The molecule has 6 heteroatoms. The number of ketones is 1. The molecule has 1 heterocycles. The van der Waals surface area contributed by atoms with Gasteiger partial charge in [0.15, 0.2) is 11.5 Å². The van der Waals surface area contributed by atoms with Gasteiger partial charge >= 0.3 is 0 Å². The van der Waals surface area contributed by atoms with Gasteiger partial charge in [-0.15, -0.1) is 0 Å². The predicted molar refractivity (Wildman–Crippen MR) is 115 cm³/mol. The Bertz CT molecular complexity index is 962. The standard InChI is InChI=1S/C24H27NO5/c1-5-29-18-12-10-17(11-13-18)25-21(16-8-7-9-19(14-16)30-6-2)20(22(26)15(3)4)23(27)24(25)28/h7-15,21,27H,5-6H2,1-4H3. The lowest BCUT2D eigenvalue weighted by atomic mass is 9.91. The first-order chi connectivity index (χ1) is 14.4. The van der Waals surface area contributed by atoms with Crippen molar-refractivity contribution >= 4 is 17.4 Å². The summed E-state index contributed by atoms with van der Waals surface area (Å²) in [6.45, 7) is 8.31. The van der Waals surface area contributed by atoms with Crippen molar-refractivity contribution in [2.45, 2.75) is 33.7 Å². The van der Waals surface area contributed by atoms with E-state index in [0.717, 1.165) is 0 Å². The third-order valence-corrected chi connectivity index (χ3v) is 4.91. The van der Waals surface area contributed by atoms with Crippen LogP contribution >= 0.6 is 0 Å². The maximum Gasteiger partial charge on any atom is 0.294 e. The fourth-order valence-corrected chi connectivity index (χ4v) is 3.56. The summed E-state index contributed by atoms with van der Waals surface area (Å²) in [5.74, 6) is -0.423. The highest BCUT2D eigenvalue weighted by atomic mass is 16.5. The van der Waals surface area contributed by atoms with Gasteiger partial charge < -0.3 is 14.6 Å². The number of anilines is 1. The maximum atomic E-state index is 13.1. The van der Waals surface area contributed by atoms with Crippen LogP contribution in [0.2, 0.25) is 0 Å². The van der Waals surface area contributed by atoms with Crippen LogP contribution in [0.4, 0.5) is 5.69 Å². The molecule has 2 aromatic rings. The average molecular weight is 409 g/mol. The largest absolute Gasteiger partial charge is 0.503 e. The number of rotatable bonds is 8. The Morgan fingerprint density at radius 2 is 1.67 bits per heavy atom. The van der Waals surface area contributed by atoms with Gasteiger partial charge in [-0.2, -0.15) is 0 Å². The van der Waals surface area contributed by atoms with Gasteiger partial charge in [0.05, 0.1) is 24.8 Å². The van der Waals surface area contributed by atoms with E-state index < -0.39 is 17.7 Å². The third kappa shape index (κ3) is 4.03. The number of carbonyl (C=O) groups is 2. The fraction of sp³-hybridized carbons (Fsp3) is 0.333. The SMILES string of the molecule is CCOc1ccc(N2C(=O)C(O)=C(C(=O)C(C)C)C2c2cccc(OCC)c2)cc1. The van der Waals surface area contributed by atoms with Gasteiger partial charge in [-0.3, -0.25) is 14.5 Å². The number of amides is 1. The molecular formula is C24H27NO5. The zero-order chi connectivity index (χ0) is 21.8. The highest BCUT2D eigenvalue weighted by molar-refractivity contribution is 6.16. The van der Waals surface area contributed by atoms with E-state index >= 15 is 0 Å². The minimum atomic E-state index is -0.745. The van der Waals surface area contributed by atoms with Crippen LogP contribution in [0, 0.1) is 5.92 Å². The zero-order valence-corrected chi connectivity index (χ0v) is 17.7. The van der Waals surface area contributed by atoms with E-state index in [9.17, 15) is 14.7 Å². The lowest BCUT2D eigenvalue weighted by molar-refractivity contribution is -0.119. The fourth-order valence-electron chi connectivity index (χ4n) is 3.56. The van der Waals surface area contributed by atoms with Crippen molar-refractivity contribution in [3.8, 4) is 11.5 Å². The molecular weight excluding hydrogens is 382 g/mol. The number of hydrogen-bond donors (Lipinski definition) is 1. The number of aliphatic hydroxyl groups is 1. The highest BCUT2D eigenvalue weighted by Crippen LogP contribution is 2.42. The summed E-state index contributed by atoms with van der Waals surface area (Å²) in [6.07, 6.45) is 0. The molecule has 6 nitrogen and oxygen atoms in total. The monoisotopic (exact) mass is 409 g/mol. The van der Waals surface area contributed by atoms with Crippen molar-refractivity contribution in [2.24, 2.45) is 5.92 Å². The first-order valence-corrected chi connectivity index (χ1v) is 10.2. The summed E-state index contributed by atoms with van der Waals surface area (Å²) in [7, 11) is 0. The summed E-state index contributed by atoms with van der Waals surface area (Å²) in [5, 5.41) is 10.7. The van der Waals surface area contributed by atoms with Crippen molar-refractivity contribution in [3.05, 3.63) is 65.4 Å². The van der Waals surface area contributed by atoms with Gasteiger partial charge in [0.25, 0.3) is 5.91 Å². The normalized spacial score (nSPS) is 16.4. The highest BCUT2D eigenvalue weighted by Gasteiger charge is 2.44. The first-order valence-electron chi connectivity index (χ1n) is 10.2. The molecule has 3 rings (SSSR count). The molecule has 1 unspecified atom stereocenters. The van der Waals surface area contributed by atoms with Crippen LogP contribution in [0.1, 0.15) is 39.3 Å². The van der Waals surface area contributed by atoms with Crippen molar-refractivity contribution < 1.29 is 24.2 Å². The molecule has 1 aliphatic rings. The molecule has 0 bridgehead atoms. The summed E-state index contributed by atoms with van der Waals surface area (Å²) in [4.78, 5) is 27.5. The quantitative estimate of drug-likeness (QED) is 0.689. The summed E-state index contributed by atoms with van der Waals surface area (Å²) in [6, 6.07) is 13.5. The molecule has 0 aromatic heterocycles. The molecule has 0 fully saturated rings. The molecule has 1 atom stereocenters. The van der Waals surface area contributed by atoms with Gasteiger partial charge in [0.1, 0.15) is 11.5 Å². The van der Waals surface area contributed by atoms with E-state index in [4.69, 9.17) is 9.47 Å². The lowest BCUT2D eigenvalue weighted by Crippen LogP contribution is -2.31. The second kappa shape index (κ2) is 9.03. The molecule has 0 aliphatic carbocycles. The number of hydrogen-bond acceptors (Lipinski definition) is 5. The summed E-state index contributed by atoms with van der Waals surface area (Å²) < 4.78 is 11.1. The topological polar surface area (TPSA) is 76.1 Å². The number of carbonyl (C=O) groups excluding carboxylic acids is 2. The van der Waals surface area contributed by atoms with E-state index in [2.05, 4.69) is 0 Å². The van der Waals surface area contributed by atoms with Crippen molar-refractivity contribution in [3.63, 3.8) is 0 Å². The third-order valence-electron chi connectivity index (χ3n) is 4.91. The molecule has 1 amide bonds. The van der Waals surface area contributed by atoms with Gasteiger partial charge in [-0.1, -0.05) is 26.0 Å². The van der Waals surface area contributed by atoms with Gasteiger partial charge in [0, 0.05) is 11.6 Å². The lowest BCUT2D eigenvalue weighted by Gasteiger charge is -2.27. The number of benzene rings is 2. The van der Waals surface area contributed by atoms with Crippen LogP contribution in [0.5, 0.6) is 11.5 Å². The van der Waals surface area contributed by atoms with E-state index in [1.807, 2.05) is 32.0 Å². The van der Waals surface area contributed by atoms with E-state index in [-0.39, 0.29) is 17.3 Å². The minimum absolute atomic E-state index is 0.109. The Labute approximate surface area is 176 Å². The molecule has 0 radical (unpaired) electrons. The molecule has 30 heavy (non-hydrogen) atoms. The van der Waals surface area contributed by atoms with E-state index in [1.54, 1.807) is 44.2 Å². The molecule has 0 saturated heterocycles. The number of aliphatic hydroxyl groups excluding tert-OH is 1. The Morgan fingerprint density at radius 3 is 2.27 bits per heavy atom. The Morgan fingerprint density at radius 1 is 1.03 bits per heavy atom. The molecule has 1 aliphatic heterocycles.